The van der Waals surface area contributed by atoms with Gasteiger partial charge in [0.15, 0.2) is 11.6 Å². The van der Waals surface area contributed by atoms with Crippen molar-refractivity contribution in [2.75, 3.05) is 11.2 Å². The van der Waals surface area contributed by atoms with Gasteiger partial charge in [-0.05, 0) is 23.9 Å². The summed E-state index contributed by atoms with van der Waals surface area (Å²) < 4.78 is 6.42. The Bertz CT molecular complexity index is 1070. The van der Waals surface area contributed by atoms with Crippen molar-refractivity contribution >= 4 is 34.8 Å². The van der Waals surface area contributed by atoms with Crippen LogP contribution in [-0.2, 0) is 4.79 Å². The first-order valence-electron chi connectivity index (χ1n) is 8.32. The van der Waals surface area contributed by atoms with Gasteiger partial charge < -0.3 is 15.7 Å². The number of nitrogens with zero attached hydrogens (tertiary/aromatic N) is 4. The Morgan fingerprint density at radius 1 is 1.25 bits per heavy atom. The second-order valence-corrected chi connectivity index (χ2v) is 7.89. The summed E-state index contributed by atoms with van der Waals surface area (Å²) in [6.07, 6.45) is 0. The predicted molar refractivity (Wildman–Crippen MR) is 108 cm³/mol. The second kappa shape index (κ2) is 7.87. The van der Waals surface area contributed by atoms with Crippen LogP contribution in [0.4, 0.5) is 5.82 Å². The number of nitrogens with one attached hydrogen (secondary N) is 1. The standard InChI is InChI=1S/C18H16N6O2S2/c1-11-10-14(23-26-11)20-17(25)15(12-6-3-2-4-7-12)28-18-22-21-16(24(18)19)13-8-5-9-27-13/h2-10,15H,19H2,1H3,(H,20,23,25). The number of benzene rings is 1. The smallest absolute Gasteiger partial charge is 0.243 e. The number of thioether (sulfide) groups is 1. The molecule has 1 unspecified atom stereocenters. The molecule has 3 heterocycles. The zero-order chi connectivity index (χ0) is 19.5. The summed E-state index contributed by atoms with van der Waals surface area (Å²) >= 11 is 2.74. The fourth-order valence-corrected chi connectivity index (χ4v) is 4.22. The molecule has 0 fully saturated rings. The summed E-state index contributed by atoms with van der Waals surface area (Å²) in [7, 11) is 0. The number of aromatic nitrogens is 4. The van der Waals surface area contributed by atoms with E-state index in [9.17, 15) is 4.79 Å². The van der Waals surface area contributed by atoms with Crippen LogP contribution in [0.1, 0.15) is 16.6 Å². The van der Waals surface area contributed by atoms with Crippen molar-refractivity contribution in [2.45, 2.75) is 17.3 Å². The van der Waals surface area contributed by atoms with Crippen molar-refractivity contribution in [1.82, 2.24) is 20.0 Å². The average molecular weight is 413 g/mol. The molecule has 0 spiro atoms. The van der Waals surface area contributed by atoms with Crippen LogP contribution < -0.4 is 11.2 Å². The second-order valence-electron chi connectivity index (χ2n) is 5.87. The number of hydrogen-bond acceptors (Lipinski definition) is 8. The van der Waals surface area contributed by atoms with Gasteiger partial charge in [0, 0.05) is 6.07 Å². The summed E-state index contributed by atoms with van der Waals surface area (Å²) in [5.41, 5.74) is 0.811. The number of carbonyl (C=O) groups is 1. The third kappa shape index (κ3) is 3.78. The van der Waals surface area contributed by atoms with Crippen LogP contribution in [0.2, 0.25) is 0 Å². The van der Waals surface area contributed by atoms with E-state index in [0.717, 1.165) is 10.4 Å². The van der Waals surface area contributed by atoms with Gasteiger partial charge in [0.1, 0.15) is 11.0 Å². The van der Waals surface area contributed by atoms with Gasteiger partial charge in [0.25, 0.3) is 0 Å². The maximum atomic E-state index is 13.0. The number of carbonyl (C=O) groups excluding carboxylic acids is 1. The first kappa shape index (κ1) is 18.3. The Hall–Kier alpha value is -3.11. The number of aryl methyl sites for hydroxylation is 1. The average Bonchev–Trinajstić information content (AvgIpc) is 3.43. The van der Waals surface area contributed by atoms with Gasteiger partial charge in [-0.2, -0.15) is 0 Å². The number of anilines is 1. The topological polar surface area (TPSA) is 112 Å². The minimum Gasteiger partial charge on any atom is -0.360 e. The third-order valence-corrected chi connectivity index (χ3v) is 5.93. The zero-order valence-corrected chi connectivity index (χ0v) is 16.4. The quantitative estimate of drug-likeness (QED) is 0.368. The summed E-state index contributed by atoms with van der Waals surface area (Å²) in [5.74, 6) is 7.46. The van der Waals surface area contributed by atoms with Crippen LogP contribution in [0.3, 0.4) is 0 Å². The third-order valence-electron chi connectivity index (χ3n) is 3.85. The number of amides is 1. The number of nitrogen functional groups attached to an aromatic ring is 1. The number of rotatable bonds is 6. The van der Waals surface area contributed by atoms with Crippen LogP contribution in [0.5, 0.6) is 0 Å². The Kier molecular flexibility index (Phi) is 5.13. The molecule has 142 valence electrons. The van der Waals surface area contributed by atoms with Crippen LogP contribution >= 0.6 is 23.1 Å². The van der Waals surface area contributed by atoms with Gasteiger partial charge in [-0.3, -0.25) is 4.79 Å². The van der Waals surface area contributed by atoms with E-state index in [-0.39, 0.29) is 5.91 Å². The van der Waals surface area contributed by atoms with E-state index in [1.807, 2.05) is 47.8 Å². The summed E-state index contributed by atoms with van der Waals surface area (Å²) in [4.78, 5) is 13.9. The lowest BCUT2D eigenvalue weighted by Gasteiger charge is -2.15. The molecule has 0 saturated heterocycles. The zero-order valence-electron chi connectivity index (χ0n) is 14.8. The summed E-state index contributed by atoms with van der Waals surface area (Å²) in [6, 6.07) is 14.9. The minimum atomic E-state index is -0.596. The molecule has 0 bridgehead atoms. The van der Waals surface area contributed by atoms with E-state index in [2.05, 4.69) is 20.7 Å². The van der Waals surface area contributed by atoms with Crippen molar-refractivity contribution in [3.63, 3.8) is 0 Å². The van der Waals surface area contributed by atoms with Crippen molar-refractivity contribution in [3.05, 3.63) is 65.2 Å². The van der Waals surface area contributed by atoms with E-state index in [0.29, 0.717) is 22.6 Å². The van der Waals surface area contributed by atoms with Gasteiger partial charge in [-0.15, -0.1) is 21.5 Å². The predicted octanol–water partition coefficient (Wildman–Crippen LogP) is 3.49. The highest BCUT2D eigenvalue weighted by atomic mass is 32.2. The molecule has 0 aliphatic heterocycles. The number of nitrogens with two attached hydrogens (primary N) is 1. The molecule has 0 aliphatic rings. The fourth-order valence-electron chi connectivity index (χ4n) is 2.55. The van der Waals surface area contributed by atoms with Crippen LogP contribution in [0.15, 0.2) is 63.6 Å². The fraction of sp³-hybridized carbons (Fsp3) is 0.111. The lowest BCUT2D eigenvalue weighted by atomic mass is 10.1. The van der Waals surface area contributed by atoms with Crippen molar-refractivity contribution in [3.8, 4) is 10.7 Å². The summed E-state index contributed by atoms with van der Waals surface area (Å²) in [6.45, 7) is 1.76. The highest BCUT2D eigenvalue weighted by Crippen LogP contribution is 2.36. The van der Waals surface area contributed by atoms with Gasteiger partial charge in [0.2, 0.25) is 11.1 Å². The van der Waals surface area contributed by atoms with Crippen molar-refractivity contribution in [2.24, 2.45) is 0 Å². The van der Waals surface area contributed by atoms with E-state index in [1.54, 1.807) is 13.0 Å². The number of thiophene rings is 1. The van der Waals surface area contributed by atoms with Gasteiger partial charge in [0.05, 0.1) is 4.88 Å². The Balaban J connectivity index is 1.62. The first-order valence-corrected chi connectivity index (χ1v) is 10.1. The van der Waals surface area contributed by atoms with Gasteiger partial charge >= 0.3 is 0 Å². The molecule has 1 aromatic carbocycles. The highest BCUT2D eigenvalue weighted by Gasteiger charge is 2.26. The van der Waals surface area contributed by atoms with Crippen LogP contribution in [0, 0.1) is 6.92 Å². The van der Waals surface area contributed by atoms with E-state index in [1.165, 1.54) is 27.8 Å². The van der Waals surface area contributed by atoms with Crippen LogP contribution in [-0.4, -0.2) is 25.9 Å². The molecule has 3 N–H and O–H groups in total. The molecule has 10 heteroatoms. The molecular formula is C18H16N6O2S2. The SMILES string of the molecule is Cc1cc(NC(=O)C(Sc2nnc(-c3cccs3)n2N)c2ccccc2)no1. The lowest BCUT2D eigenvalue weighted by Crippen LogP contribution is -2.20. The summed E-state index contributed by atoms with van der Waals surface area (Å²) in [5, 5.41) is 16.7. The Morgan fingerprint density at radius 3 is 2.75 bits per heavy atom. The molecule has 4 rings (SSSR count). The molecule has 3 aromatic heterocycles. The maximum Gasteiger partial charge on any atom is 0.243 e. The molecule has 1 atom stereocenters. The molecule has 1 amide bonds. The Labute approximate surface area is 168 Å². The van der Waals surface area contributed by atoms with E-state index < -0.39 is 5.25 Å². The molecule has 0 aliphatic carbocycles. The highest BCUT2D eigenvalue weighted by molar-refractivity contribution is 8.00. The first-order chi connectivity index (χ1) is 13.6. The van der Waals surface area contributed by atoms with Crippen LogP contribution in [0.25, 0.3) is 10.7 Å². The van der Waals surface area contributed by atoms with E-state index in [4.69, 9.17) is 10.4 Å². The van der Waals surface area contributed by atoms with E-state index >= 15 is 0 Å². The normalized spacial score (nSPS) is 12.0. The number of hydrogen-bond donors (Lipinski definition) is 2. The van der Waals surface area contributed by atoms with Crippen molar-refractivity contribution in [1.29, 1.82) is 0 Å². The van der Waals surface area contributed by atoms with Gasteiger partial charge in [-0.25, -0.2) is 4.68 Å². The molecule has 28 heavy (non-hydrogen) atoms. The monoisotopic (exact) mass is 412 g/mol. The molecule has 4 aromatic rings. The molecule has 0 radical (unpaired) electrons. The maximum absolute atomic E-state index is 13.0. The van der Waals surface area contributed by atoms with Crippen molar-refractivity contribution < 1.29 is 9.32 Å². The largest absolute Gasteiger partial charge is 0.360 e. The molecule has 0 saturated carbocycles. The Morgan fingerprint density at radius 2 is 2.07 bits per heavy atom. The minimum absolute atomic E-state index is 0.259. The molecule has 8 nitrogen and oxygen atoms in total. The lowest BCUT2D eigenvalue weighted by molar-refractivity contribution is -0.115. The van der Waals surface area contributed by atoms with Gasteiger partial charge in [-0.1, -0.05) is 53.3 Å². The molecular weight excluding hydrogens is 396 g/mol.